The van der Waals surface area contributed by atoms with Gasteiger partial charge in [0.25, 0.3) is 0 Å². The number of hydrogen-bond donors (Lipinski definition) is 1. The van der Waals surface area contributed by atoms with Gasteiger partial charge in [0.2, 0.25) is 0 Å². The Balaban J connectivity index is 1.69. The van der Waals surface area contributed by atoms with Crippen molar-refractivity contribution in [3.8, 4) is 0 Å². The van der Waals surface area contributed by atoms with Crippen LogP contribution in [0, 0.1) is 5.82 Å². The van der Waals surface area contributed by atoms with E-state index < -0.39 is 0 Å². The van der Waals surface area contributed by atoms with Crippen molar-refractivity contribution >= 4 is 17.3 Å². The van der Waals surface area contributed by atoms with E-state index in [1.54, 1.807) is 0 Å². The van der Waals surface area contributed by atoms with E-state index in [0.29, 0.717) is 12.6 Å². The zero-order valence-corrected chi connectivity index (χ0v) is 16.7. The van der Waals surface area contributed by atoms with Gasteiger partial charge in [0, 0.05) is 19.1 Å². The third-order valence-electron chi connectivity index (χ3n) is 5.22. The Morgan fingerprint density at radius 3 is 2.04 bits per heavy atom. The van der Waals surface area contributed by atoms with Gasteiger partial charge < -0.3 is 10.2 Å². The fraction of sp³-hybridized carbons (Fsp3) is 0.435. The first kappa shape index (κ1) is 19.8. The molecule has 0 aromatic heterocycles. The number of nitrogens with one attached hydrogen (secondary N) is 1. The van der Waals surface area contributed by atoms with Gasteiger partial charge in [0.05, 0.1) is 0 Å². The molecule has 0 saturated heterocycles. The molecule has 1 aliphatic rings. The summed E-state index contributed by atoms with van der Waals surface area (Å²) in [6, 6.07) is 17.5. The van der Waals surface area contributed by atoms with Crippen LogP contribution < -0.4 is 5.32 Å². The van der Waals surface area contributed by atoms with Crippen molar-refractivity contribution in [1.82, 2.24) is 10.2 Å². The van der Waals surface area contributed by atoms with Crippen LogP contribution in [-0.4, -0.2) is 16.1 Å². The van der Waals surface area contributed by atoms with Gasteiger partial charge in [-0.1, -0.05) is 74.6 Å². The number of rotatable bonds is 5. The maximum absolute atomic E-state index is 13.3. The van der Waals surface area contributed by atoms with Crippen LogP contribution >= 0.6 is 12.2 Å². The van der Waals surface area contributed by atoms with Crippen LogP contribution in [0.3, 0.4) is 0 Å². The quantitative estimate of drug-likeness (QED) is 0.654. The van der Waals surface area contributed by atoms with E-state index in [-0.39, 0.29) is 5.82 Å². The van der Waals surface area contributed by atoms with E-state index >= 15 is 0 Å². The molecule has 27 heavy (non-hydrogen) atoms. The predicted octanol–water partition coefficient (Wildman–Crippen LogP) is 5.82. The molecule has 144 valence electrons. The molecule has 2 aromatic rings. The number of nitrogens with zero attached hydrogens (tertiary/aromatic N) is 1. The lowest BCUT2D eigenvalue weighted by molar-refractivity contribution is 0.370. The molecular weight excluding hydrogens is 355 g/mol. The summed E-state index contributed by atoms with van der Waals surface area (Å²) in [6.45, 7) is 1.42. The van der Waals surface area contributed by atoms with Crippen LogP contribution in [0.1, 0.15) is 56.1 Å². The Morgan fingerprint density at radius 2 is 1.41 bits per heavy atom. The summed E-state index contributed by atoms with van der Waals surface area (Å²) in [5.74, 6) is -0.205. The van der Waals surface area contributed by atoms with Gasteiger partial charge >= 0.3 is 0 Å². The predicted molar refractivity (Wildman–Crippen MR) is 114 cm³/mol. The molecule has 2 nitrogen and oxygen atoms in total. The molecule has 0 radical (unpaired) electrons. The molecule has 0 amide bonds. The van der Waals surface area contributed by atoms with Crippen molar-refractivity contribution in [2.75, 3.05) is 0 Å². The molecule has 0 atom stereocenters. The molecule has 1 saturated carbocycles. The molecular formula is C23H29FN2S. The summed E-state index contributed by atoms with van der Waals surface area (Å²) < 4.78 is 13.3. The minimum atomic E-state index is -0.205. The maximum atomic E-state index is 13.3. The Labute approximate surface area is 167 Å². The summed E-state index contributed by atoms with van der Waals surface area (Å²) in [6.07, 6.45) is 8.95. The summed E-state index contributed by atoms with van der Waals surface area (Å²) in [7, 11) is 0. The van der Waals surface area contributed by atoms with Gasteiger partial charge in [-0.25, -0.2) is 4.39 Å². The summed E-state index contributed by atoms with van der Waals surface area (Å²) in [5, 5.41) is 4.42. The Bertz CT molecular complexity index is 694. The van der Waals surface area contributed by atoms with E-state index in [9.17, 15) is 4.39 Å². The van der Waals surface area contributed by atoms with Gasteiger partial charge in [-0.05, 0) is 48.3 Å². The standard InChI is InChI=1S/C23H29FN2S/c24-21-15-13-20(14-16-21)18-26(17-19-9-5-4-6-10-19)23(27)25-22-11-7-2-1-3-8-12-22/h4-6,9-10,13-16,22H,1-3,7-8,11-12,17-18H2,(H,25,27). The monoisotopic (exact) mass is 384 g/mol. The SMILES string of the molecule is Fc1ccc(CN(Cc2ccccc2)C(=S)NC2CCCCCCC2)cc1. The van der Waals surface area contributed by atoms with Crippen LogP contribution in [-0.2, 0) is 13.1 Å². The van der Waals surface area contributed by atoms with Gasteiger partial charge in [-0.2, -0.15) is 0 Å². The minimum Gasteiger partial charge on any atom is -0.360 e. The fourth-order valence-electron chi connectivity index (χ4n) is 3.68. The van der Waals surface area contributed by atoms with E-state index in [2.05, 4.69) is 34.5 Å². The van der Waals surface area contributed by atoms with E-state index in [4.69, 9.17) is 12.2 Å². The Hall–Kier alpha value is -1.94. The second-order valence-electron chi connectivity index (χ2n) is 7.46. The molecule has 0 aliphatic heterocycles. The zero-order chi connectivity index (χ0) is 18.9. The van der Waals surface area contributed by atoms with Crippen LogP contribution in [0.25, 0.3) is 0 Å². The molecule has 0 spiro atoms. The van der Waals surface area contributed by atoms with Crippen molar-refractivity contribution in [2.24, 2.45) is 0 Å². The highest BCUT2D eigenvalue weighted by Crippen LogP contribution is 2.18. The number of thiocarbonyl (C=S) groups is 1. The van der Waals surface area contributed by atoms with Gasteiger partial charge in [0.15, 0.2) is 5.11 Å². The van der Waals surface area contributed by atoms with Gasteiger partial charge in [0.1, 0.15) is 5.82 Å². The first-order valence-electron chi connectivity index (χ1n) is 10.0. The fourth-order valence-corrected chi connectivity index (χ4v) is 3.98. The van der Waals surface area contributed by atoms with Crippen LogP contribution in [0.4, 0.5) is 4.39 Å². The summed E-state index contributed by atoms with van der Waals surface area (Å²) in [4.78, 5) is 2.19. The van der Waals surface area contributed by atoms with Crippen molar-refractivity contribution in [3.05, 3.63) is 71.5 Å². The lowest BCUT2D eigenvalue weighted by Gasteiger charge is -2.30. The number of benzene rings is 2. The van der Waals surface area contributed by atoms with Crippen molar-refractivity contribution < 1.29 is 4.39 Å². The molecule has 0 bridgehead atoms. The van der Waals surface area contributed by atoms with Crippen molar-refractivity contribution in [1.29, 1.82) is 0 Å². The lowest BCUT2D eigenvalue weighted by atomic mass is 9.97. The average molecular weight is 385 g/mol. The summed E-state index contributed by atoms with van der Waals surface area (Å²) >= 11 is 5.80. The van der Waals surface area contributed by atoms with Gasteiger partial charge in [-0.15, -0.1) is 0 Å². The largest absolute Gasteiger partial charge is 0.360 e. The molecule has 4 heteroatoms. The molecule has 3 rings (SSSR count). The van der Waals surface area contributed by atoms with Crippen molar-refractivity contribution in [3.63, 3.8) is 0 Å². The Kier molecular flexibility index (Phi) is 7.64. The smallest absolute Gasteiger partial charge is 0.169 e. The highest BCUT2D eigenvalue weighted by atomic mass is 32.1. The van der Waals surface area contributed by atoms with E-state index in [1.807, 2.05) is 18.2 Å². The van der Waals surface area contributed by atoms with Gasteiger partial charge in [-0.3, -0.25) is 0 Å². The third-order valence-corrected chi connectivity index (χ3v) is 5.60. The van der Waals surface area contributed by atoms with E-state index in [0.717, 1.165) is 17.2 Å². The van der Waals surface area contributed by atoms with Crippen LogP contribution in [0.5, 0.6) is 0 Å². The molecule has 1 N–H and O–H groups in total. The topological polar surface area (TPSA) is 15.3 Å². The average Bonchev–Trinajstić information content (AvgIpc) is 2.66. The molecule has 2 aromatic carbocycles. The van der Waals surface area contributed by atoms with E-state index in [1.165, 1.54) is 62.6 Å². The minimum absolute atomic E-state index is 0.205. The molecule has 0 unspecified atom stereocenters. The normalized spacial score (nSPS) is 15.6. The third kappa shape index (κ3) is 6.62. The van der Waals surface area contributed by atoms with Crippen LogP contribution in [0.15, 0.2) is 54.6 Å². The van der Waals surface area contributed by atoms with Crippen molar-refractivity contribution in [2.45, 2.75) is 64.1 Å². The first-order valence-corrected chi connectivity index (χ1v) is 10.5. The second kappa shape index (κ2) is 10.4. The number of hydrogen-bond acceptors (Lipinski definition) is 1. The zero-order valence-electron chi connectivity index (χ0n) is 15.9. The summed E-state index contributed by atoms with van der Waals surface area (Å²) in [5.41, 5.74) is 2.29. The maximum Gasteiger partial charge on any atom is 0.169 e. The number of halogens is 1. The highest BCUT2D eigenvalue weighted by Gasteiger charge is 2.17. The highest BCUT2D eigenvalue weighted by molar-refractivity contribution is 7.80. The second-order valence-corrected chi connectivity index (χ2v) is 7.85. The molecule has 1 fully saturated rings. The Morgan fingerprint density at radius 1 is 0.852 bits per heavy atom. The first-order chi connectivity index (χ1) is 13.2. The van der Waals surface area contributed by atoms with Crippen LogP contribution in [0.2, 0.25) is 0 Å². The lowest BCUT2D eigenvalue weighted by Crippen LogP contribution is -2.44. The molecule has 1 aliphatic carbocycles. The molecule has 0 heterocycles.